The van der Waals surface area contributed by atoms with Crippen LogP contribution >= 0.6 is 0 Å². The van der Waals surface area contributed by atoms with Gasteiger partial charge in [-0.05, 0) is 37.0 Å². The molecule has 3 rings (SSSR count). The van der Waals surface area contributed by atoms with Crippen LogP contribution < -0.4 is 21.7 Å². The van der Waals surface area contributed by atoms with Gasteiger partial charge in [0.15, 0.2) is 11.5 Å². The number of rotatable bonds is 8. The summed E-state index contributed by atoms with van der Waals surface area (Å²) >= 11 is 0. The van der Waals surface area contributed by atoms with Crippen LogP contribution in [0.5, 0.6) is 0 Å². The zero-order valence-corrected chi connectivity index (χ0v) is 16.8. The molecule has 10 heteroatoms. The Balaban J connectivity index is 1.56. The third-order valence-corrected chi connectivity index (χ3v) is 4.85. The Bertz CT molecular complexity index is 992. The van der Waals surface area contributed by atoms with Gasteiger partial charge in [0.1, 0.15) is 0 Å². The number of nitrogen functional groups attached to an aromatic ring is 1. The van der Waals surface area contributed by atoms with E-state index in [1.807, 2.05) is 6.07 Å². The number of hydrogen-bond acceptors (Lipinski definition) is 8. The molecular formula is C21H25N7O3. The molecule has 0 bridgehead atoms. The summed E-state index contributed by atoms with van der Waals surface area (Å²) in [5.41, 5.74) is 7.21. The third kappa shape index (κ3) is 6.09. The van der Waals surface area contributed by atoms with Crippen molar-refractivity contribution >= 4 is 23.8 Å². The van der Waals surface area contributed by atoms with E-state index in [2.05, 4.69) is 25.9 Å². The van der Waals surface area contributed by atoms with E-state index in [1.54, 1.807) is 18.2 Å². The highest BCUT2D eigenvalue weighted by Gasteiger charge is 2.24. The molecule has 1 aliphatic carbocycles. The Kier molecular flexibility index (Phi) is 7.28. The van der Waals surface area contributed by atoms with E-state index in [9.17, 15) is 14.7 Å². The molecule has 1 aliphatic rings. The van der Waals surface area contributed by atoms with Gasteiger partial charge in [0.05, 0.1) is 11.8 Å². The second kappa shape index (κ2) is 10.3. The SMILES string of the molecule is N=C/C(=C\NCc1cccc(C(=O)N[C@H]2CC[C@@H](O)C2)c1)NC(=O)c1nccnc1N. The minimum absolute atomic E-state index is 0.000468. The lowest BCUT2D eigenvalue weighted by Gasteiger charge is -2.13. The number of benzene rings is 1. The molecular weight excluding hydrogens is 398 g/mol. The Labute approximate surface area is 179 Å². The molecule has 2 atom stereocenters. The largest absolute Gasteiger partial charge is 0.393 e. The summed E-state index contributed by atoms with van der Waals surface area (Å²) in [6, 6.07) is 7.14. The highest BCUT2D eigenvalue weighted by Crippen LogP contribution is 2.19. The van der Waals surface area contributed by atoms with Gasteiger partial charge in [-0.2, -0.15) is 0 Å². The molecule has 162 valence electrons. The summed E-state index contributed by atoms with van der Waals surface area (Å²) in [5.74, 6) is -0.747. The molecule has 0 radical (unpaired) electrons. The topological polar surface area (TPSA) is 166 Å². The predicted molar refractivity (Wildman–Crippen MR) is 115 cm³/mol. The number of carbonyl (C=O) groups is 2. The summed E-state index contributed by atoms with van der Waals surface area (Å²) in [6.45, 7) is 0.379. The Morgan fingerprint density at radius 1 is 1.23 bits per heavy atom. The van der Waals surface area contributed by atoms with Crippen molar-refractivity contribution < 1.29 is 14.7 Å². The van der Waals surface area contributed by atoms with Crippen LogP contribution in [0, 0.1) is 5.41 Å². The Morgan fingerprint density at radius 3 is 2.74 bits per heavy atom. The number of aliphatic hydroxyl groups excluding tert-OH is 1. The number of amides is 2. The first-order valence-electron chi connectivity index (χ1n) is 9.86. The summed E-state index contributed by atoms with van der Waals surface area (Å²) < 4.78 is 0. The van der Waals surface area contributed by atoms with E-state index in [4.69, 9.17) is 11.1 Å². The molecule has 1 aromatic heterocycles. The van der Waals surface area contributed by atoms with Crippen molar-refractivity contribution in [2.75, 3.05) is 5.73 Å². The van der Waals surface area contributed by atoms with E-state index in [0.29, 0.717) is 24.9 Å². The molecule has 0 aliphatic heterocycles. The minimum atomic E-state index is -0.571. The van der Waals surface area contributed by atoms with Gasteiger partial charge in [-0.3, -0.25) is 9.59 Å². The van der Waals surface area contributed by atoms with Crippen LogP contribution in [0.4, 0.5) is 5.82 Å². The highest BCUT2D eigenvalue weighted by atomic mass is 16.3. The average molecular weight is 423 g/mol. The summed E-state index contributed by atoms with van der Waals surface area (Å²) in [6.07, 6.45) is 6.91. The van der Waals surface area contributed by atoms with Gasteiger partial charge in [0.25, 0.3) is 11.8 Å². The van der Waals surface area contributed by atoms with Crippen molar-refractivity contribution in [3.05, 3.63) is 65.4 Å². The monoisotopic (exact) mass is 423 g/mol. The molecule has 7 N–H and O–H groups in total. The van der Waals surface area contributed by atoms with Crippen LogP contribution in [0.3, 0.4) is 0 Å². The van der Waals surface area contributed by atoms with E-state index >= 15 is 0 Å². The molecule has 0 unspecified atom stereocenters. The lowest BCUT2D eigenvalue weighted by atomic mass is 10.1. The molecule has 0 spiro atoms. The van der Waals surface area contributed by atoms with Crippen LogP contribution in [-0.4, -0.2) is 45.2 Å². The number of nitrogens with zero attached hydrogens (tertiary/aromatic N) is 2. The first kappa shape index (κ1) is 21.9. The van der Waals surface area contributed by atoms with Crippen molar-refractivity contribution in [1.29, 1.82) is 5.41 Å². The second-order valence-corrected chi connectivity index (χ2v) is 7.21. The van der Waals surface area contributed by atoms with Gasteiger partial charge in [0, 0.05) is 43.0 Å². The van der Waals surface area contributed by atoms with Crippen LogP contribution in [0.15, 0.2) is 48.6 Å². The highest BCUT2D eigenvalue weighted by molar-refractivity contribution is 6.00. The molecule has 1 fully saturated rings. The average Bonchev–Trinajstić information content (AvgIpc) is 3.17. The maximum absolute atomic E-state index is 12.4. The van der Waals surface area contributed by atoms with Crippen LogP contribution in [-0.2, 0) is 6.54 Å². The number of nitrogens with two attached hydrogens (primary N) is 1. The minimum Gasteiger partial charge on any atom is -0.393 e. The number of allylic oxidation sites excluding steroid dienone is 1. The van der Waals surface area contributed by atoms with Crippen LogP contribution in [0.2, 0.25) is 0 Å². The lowest BCUT2D eigenvalue weighted by Crippen LogP contribution is -2.33. The van der Waals surface area contributed by atoms with Crippen LogP contribution in [0.1, 0.15) is 45.7 Å². The van der Waals surface area contributed by atoms with Crippen molar-refractivity contribution in [1.82, 2.24) is 25.9 Å². The fourth-order valence-corrected chi connectivity index (χ4v) is 3.29. The third-order valence-electron chi connectivity index (χ3n) is 4.85. The quantitative estimate of drug-likeness (QED) is 0.340. The zero-order chi connectivity index (χ0) is 22.2. The van der Waals surface area contributed by atoms with Gasteiger partial charge in [-0.25, -0.2) is 9.97 Å². The zero-order valence-electron chi connectivity index (χ0n) is 16.8. The summed E-state index contributed by atoms with van der Waals surface area (Å²) in [5, 5.41) is 25.6. The van der Waals surface area contributed by atoms with E-state index in [1.165, 1.54) is 18.6 Å². The Hall–Kier alpha value is -3.79. The molecule has 1 saturated carbocycles. The fourth-order valence-electron chi connectivity index (χ4n) is 3.29. The van der Waals surface area contributed by atoms with Crippen molar-refractivity contribution in [3.8, 4) is 0 Å². The van der Waals surface area contributed by atoms with Crippen molar-refractivity contribution in [3.63, 3.8) is 0 Å². The van der Waals surface area contributed by atoms with Crippen LogP contribution in [0.25, 0.3) is 0 Å². The molecule has 2 aromatic rings. The summed E-state index contributed by atoms with van der Waals surface area (Å²) in [7, 11) is 0. The predicted octanol–water partition coefficient (Wildman–Crippen LogP) is 0.713. The van der Waals surface area contributed by atoms with Crippen molar-refractivity contribution in [2.45, 2.75) is 38.0 Å². The summed E-state index contributed by atoms with van der Waals surface area (Å²) in [4.78, 5) is 32.4. The lowest BCUT2D eigenvalue weighted by molar-refractivity contribution is 0.0931. The number of carbonyl (C=O) groups excluding carboxylic acids is 2. The molecule has 0 saturated heterocycles. The second-order valence-electron chi connectivity index (χ2n) is 7.21. The number of hydrogen-bond donors (Lipinski definition) is 6. The maximum Gasteiger partial charge on any atom is 0.278 e. The number of aliphatic hydroxyl groups is 1. The first-order valence-corrected chi connectivity index (χ1v) is 9.86. The first-order chi connectivity index (χ1) is 15.0. The molecule has 1 heterocycles. The van der Waals surface area contributed by atoms with Gasteiger partial charge in [-0.15, -0.1) is 0 Å². The molecule has 10 nitrogen and oxygen atoms in total. The van der Waals surface area contributed by atoms with Gasteiger partial charge in [0.2, 0.25) is 0 Å². The van der Waals surface area contributed by atoms with Gasteiger partial charge in [-0.1, -0.05) is 12.1 Å². The van der Waals surface area contributed by atoms with E-state index < -0.39 is 5.91 Å². The number of aromatic nitrogens is 2. The standard InChI is InChI=1S/C21H25N7O3/c22-10-16(28-21(31)18-19(23)26-7-6-25-18)12-24-11-13-2-1-3-14(8-13)20(30)27-15-4-5-17(29)9-15/h1-3,6-8,10,12,15,17,22,24,29H,4-5,9,11H2,(H2,23,26)(H,27,30)(H,28,31)/b16-12+,22-10?/t15-,17+/m0/s1. The molecule has 31 heavy (non-hydrogen) atoms. The number of anilines is 1. The van der Waals surface area contributed by atoms with E-state index in [-0.39, 0.29) is 35.3 Å². The van der Waals surface area contributed by atoms with E-state index in [0.717, 1.165) is 18.2 Å². The van der Waals surface area contributed by atoms with Gasteiger partial charge >= 0.3 is 0 Å². The molecule has 2 amide bonds. The molecule has 1 aromatic carbocycles. The maximum atomic E-state index is 12.4. The van der Waals surface area contributed by atoms with Crippen molar-refractivity contribution in [2.24, 2.45) is 0 Å². The smallest absolute Gasteiger partial charge is 0.278 e. The Morgan fingerprint density at radius 2 is 2.03 bits per heavy atom. The fraction of sp³-hybridized carbons (Fsp3) is 0.286. The normalized spacial score (nSPS) is 18.3. The number of nitrogens with one attached hydrogen (secondary N) is 4. The van der Waals surface area contributed by atoms with Gasteiger partial charge < -0.3 is 32.2 Å².